The van der Waals surface area contributed by atoms with Gasteiger partial charge < -0.3 is 5.11 Å². The third-order valence-electron chi connectivity index (χ3n) is 1.63. The maximum atomic E-state index is 12.9. The first-order valence-electron chi connectivity index (χ1n) is 3.71. The van der Waals surface area contributed by atoms with Crippen molar-refractivity contribution in [2.75, 3.05) is 0 Å². The minimum absolute atomic E-state index is 0.123. The second-order valence-electron chi connectivity index (χ2n) is 2.52. The van der Waals surface area contributed by atoms with E-state index < -0.39 is 18.2 Å². The van der Waals surface area contributed by atoms with Crippen LogP contribution in [0.4, 0.5) is 8.92 Å². The maximum Gasteiger partial charge on any atom is 0.385 e. The Balaban J connectivity index is 2.75. The number of halogens is 2. The third kappa shape index (κ3) is 2.23. The van der Waals surface area contributed by atoms with E-state index in [0.29, 0.717) is 0 Å². The van der Waals surface area contributed by atoms with Crippen LogP contribution in [0, 0.1) is 0 Å². The van der Waals surface area contributed by atoms with Crippen LogP contribution in [-0.4, -0.2) is 22.2 Å². The Labute approximate surface area is 78.0 Å². The molecule has 0 aliphatic rings. The summed E-state index contributed by atoms with van der Waals surface area (Å²) in [4.78, 5) is 16.7. The predicted octanol–water partition coefficient (Wildman–Crippen LogP) is 0.881. The number of pyridine rings is 1. The SMILES string of the molecule is O=C(OF)C(F)C(O)c1ccncc1. The van der Waals surface area contributed by atoms with E-state index >= 15 is 0 Å². The number of carbonyl (C=O) groups is 1. The van der Waals surface area contributed by atoms with Crippen molar-refractivity contribution in [2.45, 2.75) is 12.3 Å². The Bertz CT molecular complexity index is 307. The summed E-state index contributed by atoms with van der Waals surface area (Å²) in [5, 5.41) is 9.22. The van der Waals surface area contributed by atoms with Gasteiger partial charge in [-0.05, 0) is 17.7 Å². The van der Waals surface area contributed by atoms with Gasteiger partial charge in [-0.15, -0.1) is 0 Å². The zero-order valence-electron chi connectivity index (χ0n) is 6.93. The summed E-state index contributed by atoms with van der Waals surface area (Å²) in [7, 11) is 0. The number of rotatable bonds is 3. The first-order valence-corrected chi connectivity index (χ1v) is 3.71. The molecule has 0 aliphatic heterocycles. The molecule has 0 spiro atoms. The van der Waals surface area contributed by atoms with Gasteiger partial charge in [-0.25, -0.2) is 9.18 Å². The topological polar surface area (TPSA) is 59.4 Å². The van der Waals surface area contributed by atoms with Crippen LogP contribution in [0.1, 0.15) is 11.7 Å². The first-order chi connectivity index (χ1) is 6.66. The third-order valence-corrected chi connectivity index (χ3v) is 1.63. The van der Waals surface area contributed by atoms with E-state index in [-0.39, 0.29) is 5.56 Å². The number of aromatic nitrogens is 1. The molecule has 0 aliphatic carbocycles. The molecule has 0 amide bonds. The highest BCUT2D eigenvalue weighted by atomic mass is 19.3. The summed E-state index contributed by atoms with van der Waals surface area (Å²) in [6.45, 7) is 0. The Hall–Kier alpha value is -1.56. The van der Waals surface area contributed by atoms with Crippen LogP contribution < -0.4 is 0 Å². The molecule has 14 heavy (non-hydrogen) atoms. The number of aliphatic hydroxyl groups is 1. The molecule has 2 atom stereocenters. The molecular formula is C8H7F2NO3. The van der Waals surface area contributed by atoms with Crippen LogP contribution >= 0.6 is 0 Å². The summed E-state index contributed by atoms with van der Waals surface area (Å²) in [6, 6.07) is 2.62. The average Bonchev–Trinajstić information content (AvgIpc) is 2.27. The average molecular weight is 203 g/mol. The van der Waals surface area contributed by atoms with Gasteiger partial charge in [0.1, 0.15) is 6.10 Å². The highest BCUT2D eigenvalue weighted by molar-refractivity contribution is 5.74. The zero-order chi connectivity index (χ0) is 10.6. The van der Waals surface area contributed by atoms with Gasteiger partial charge in [0, 0.05) is 16.9 Å². The summed E-state index contributed by atoms with van der Waals surface area (Å²) >= 11 is 0. The molecule has 1 rings (SSSR count). The van der Waals surface area contributed by atoms with Crippen molar-refractivity contribution in [1.82, 2.24) is 4.98 Å². The number of hydrogen-bond donors (Lipinski definition) is 1. The van der Waals surface area contributed by atoms with E-state index in [1.807, 2.05) is 0 Å². The fraction of sp³-hybridized carbons (Fsp3) is 0.250. The summed E-state index contributed by atoms with van der Waals surface area (Å²) in [5.74, 6) is -1.76. The minimum atomic E-state index is -2.44. The van der Waals surface area contributed by atoms with Gasteiger partial charge in [0.25, 0.3) is 0 Å². The lowest BCUT2D eigenvalue weighted by Gasteiger charge is -2.11. The molecule has 1 aromatic rings. The van der Waals surface area contributed by atoms with Gasteiger partial charge in [-0.3, -0.25) is 9.93 Å². The molecule has 1 aromatic heterocycles. The Morgan fingerprint density at radius 2 is 2.07 bits per heavy atom. The van der Waals surface area contributed by atoms with Gasteiger partial charge in [-0.1, -0.05) is 0 Å². The Morgan fingerprint density at radius 1 is 1.50 bits per heavy atom. The fourth-order valence-corrected chi connectivity index (χ4v) is 0.901. The molecule has 0 saturated carbocycles. The van der Waals surface area contributed by atoms with Crippen molar-refractivity contribution in [3.8, 4) is 0 Å². The van der Waals surface area contributed by atoms with Crippen molar-refractivity contribution < 1.29 is 23.8 Å². The fourth-order valence-electron chi connectivity index (χ4n) is 0.901. The van der Waals surface area contributed by atoms with Crippen molar-refractivity contribution in [3.63, 3.8) is 0 Å². The van der Waals surface area contributed by atoms with Gasteiger partial charge >= 0.3 is 5.97 Å². The second kappa shape index (κ2) is 4.61. The molecule has 1 N–H and O–H groups in total. The summed E-state index contributed by atoms with van der Waals surface area (Å²) < 4.78 is 24.2. The van der Waals surface area contributed by atoms with Gasteiger partial charge in [0.05, 0.1) is 0 Å². The number of nitrogens with zero attached hydrogens (tertiary/aromatic N) is 1. The quantitative estimate of drug-likeness (QED) is 0.792. The highest BCUT2D eigenvalue weighted by Gasteiger charge is 2.30. The van der Waals surface area contributed by atoms with Crippen LogP contribution in [0.5, 0.6) is 0 Å². The lowest BCUT2D eigenvalue weighted by Crippen LogP contribution is -2.24. The van der Waals surface area contributed by atoms with Crippen molar-refractivity contribution in [1.29, 1.82) is 0 Å². The normalized spacial score (nSPS) is 14.5. The van der Waals surface area contributed by atoms with Crippen molar-refractivity contribution in [3.05, 3.63) is 30.1 Å². The van der Waals surface area contributed by atoms with Crippen LogP contribution in [0.25, 0.3) is 0 Å². The first kappa shape index (κ1) is 10.5. The standard InChI is InChI=1S/C8H7F2NO3/c9-6(8(13)14-10)7(12)5-1-3-11-4-2-5/h1-4,6-7,12H. The highest BCUT2D eigenvalue weighted by Crippen LogP contribution is 2.19. The van der Waals surface area contributed by atoms with Crippen LogP contribution in [0.2, 0.25) is 0 Å². The number of carbonyl (C=O) groups excluding carboxylic acids is 1. The monoisotopic (exact) mass is 203 g/mol. The maximum absolute atomic E-state index is 12.9. The predicted molar refractivity (Wildman–Crippen MR) is 41.3 cm³/mol. The molecule has 0 aromatic carbocycles. The Kier molecular flexibility index (Phi) is 3.47. The molecular weight excluding hydrogens is 196 g/mol. The van der Waals surface area contributed by atoms with E-state index in [2.05, 4.69) is 9.93 Å². The molecule has 2 unspecified atom stereocenters. The molecule has 6 heteroatoms. The van der Waals surface area contributed by atoms with Crippen LogP contribution in [-0.2, 0) is 9.74 Å². The summed E-state index contributed by atoms with van der Waals surface area (Å²) in [6.07, 6.45) is -1.57. The van der Waals surface area contributed by atoms with Crippen molar-refractivity contribution >= 4 is 5.97 Å². The number of aliphatic hydroxyl groups excluding tert-OH is 1. The number of alkyl halides is 1. The van der Waals surface area contributed by atoms with E-state index in [4.69, 9.17) is 0 Å². The van der Waals surface area contributed by atoms with E-state index in [9.17, 15) is 18.8 Å². The largest absolute Gasteiger partial charge is 0.385 e. The molecule has 4 nitrogen and oxygen atoms in total. The molecule has 0 saturated heterocycles. The summed E-state index contributed by atoms with van der Waals surface area (Å²) in [5.41, 5.74) is 0.123. The van der Waals surface area contributed by atoms with Crippen molar-refractivity contribution in [2.24, 2.45) is 0 Å². The molecule has 0 bridgehead atoms. The van der Waals surface area contributed by atoms with E-state index in [0.717, 1.165) is 0 Å². The Morgan fingerprint density at radius 3 is 2.57 bits per heavy atom. The zero-order valence-corrected chi connectivity index (χ0v) is 6.93. The molecule has 0 radical (unpaired) electrons. The van der Waals surface area contributed by atoms with E-state index in [1.165, 1.54) is 24.5 Å². The lowest BCUT2D eigenvalue weighted by molar-refractivity contribution is -0.194. The number of hydrogen-bond acceptors (Lipinski definition) is 4. The van der Waals surface area contributed by atoms with Gasteiger partial charge in [-0.2, -0.15) is 0 Å². The van der Waals surface area contributed by atoms with Crippen LogP contribution in [0.3, 0.4) is 0 Å². The van der Waals surface area contributed by atoms with E-state index in [1.54, 1.807) is 0 Å². The minimum Gasteiger partial charge on any atom is -0.385 e. The molecule has 0 fully saturated rings. The molecule has 76 valence electrons. The van der Waals surface area contributed by atoms with Gasteiger partial charge in [0.15, 0.2) is 0 Å². The van der Waals surface area contributed by atoms with Crippen LogP contribution in [0.15, 0.2) is 24.5 Å². The molecule has 1 heterocycles. The van der Waals surface area contributed by atoms with Gasteiger partial charge in [0.2, 0.25) is 6.17 Å². The smallest absolute Gasteiger partial charge is 0.385 e. The second-order valence-corrected chi connectivity index (χ2v) is 2.52. The lowest BCUT2D eigenvalue weighted by atomic mass is 10.1.